The Balaban J connectivity index is 1.07. The van der Waals surface area contributed by atoms with Crippen LogP contribution < -0.4 is 5.32 Å². The standard InChI is InChI=1S/C33H47N3O7/c1-23(10-12-26-18-33(22-41-33)21-32(3,4)43-26)11-13-29-39-19-25(20-40-29)34-30(37)28-9-7-6-8-27(28)24(2)42-31(38)36-16-14-35(5)15-17-36/h6-12,24-26,29H,13-22H2,1-5H3,(H,34,37). The lowest BCUT2D eigenvalue weighted by Gasteiger charge is -2.38. The summed E-state index contributed by atoms with van der Waals surface area (Å²) in [4.78, 5) is 29.8. The molecule has 3 atom stereocenters. The van der Waals surface area contributed by atoms with Gasteiger partial charge in [-0.2, -0.15) is 0 Å². The molecule has 43 heavy (non-hydrogen) atoms. The number of rotatable bonds is 8. The third kappa shape index (κ3) is 8.67. The summed E-state index contributed by atoms with van der Waals surface area (Å²) in [5.41, 5.74) is 2.06. The van der Waals surface area contributed by atoms with Crippen LogP contribution in [0.25, 0.3) is 0 Å². The Hall–Kier alpha value is -2.76. The molecule has 0 saturated carbocycles. The number of benzene rings is 1. The lowest BCUT2D eigenvalue weighted by molar-refractivity contribution is -0.185. The van der Waals surface area contributed by atoms with Gasteiger partial charge in [0.1, 0.15) is 6.10 Å². The van der Waals surface area contributed by atoms with E-state index >= 15 is 0 Å². The van der Waals surface area contributed by atoms with Crippen molar-refractivity contribution in [1.82, 2.24) is 15.1 Å². The second-order valence-corrected chi connectivity index (χ2v) is 13.0. The number of hydrogen-bond acceptors (Lipinski definition) is 8. The number of nitrogens with one attached hydrogen (secondary N) is 1. The lowest BCUT2D eigenvalue weighted by Crippen LogP contribution is -2.47. The van der Waals surface area contributed by atoms with Crippen molar-refractivity contribution in [2.75, 3.05) is 53.0 Å². The average molecular weight is 598 g/mol. The molecular formula is C33H47N3O7. The molecule has 10 nitrogen and oxygen atoms in total. The number of likely N-dealkylation sites (N-methyl/N-ethyl adjacent to an activating group) is 1. The Morgan fingerprint density at radius 2 is 1.84 bits per heavy atom. The van der Waals surface area contributed by atoms with Gasteiger partial charge in [-0.05, 0) is 40.8 Å². The number of hydrogen-bond donors (Lipinski definition) is 1. The number of carbonyl (C=O) groups excluding carboxylic acids is 2. The first-order valence-electron chi connectivity index (χ1n) is 15.4. The third-order valence-corrected chi connectivity index (χ3v) is 8.53. The Morgan fingerprint density at radius 1 is 1.14 bits per heavy atom. The smallest absolute Gasteiger partial charge is 0.410 e. The summed E-state index contributed by atoms with van der Waals surface area (Å²) in [6, 6.07) is 6.93. The average Bonchev–Trinajstić information content (AvgIpc) is 3.72. The molecule has 236 valence electrons. The summed E-state index contributed by atoms with van der Waals surface area (Å²) in [6.07, 6.45) is 7.50. The number of amides is 2. The zero-order chi connectivity index (χ0) is 30.6. The van der Waals surface area contributed by atoms with E-state index in [2.05, 4.69) is 49.2 Å². The molecule has 2 amide bonds. The van der Waals surface area contributed by atoms with E-state index in [0.717, 1.165) is 38.1 Å². The first kappa shape index (κ1) is 31.7. The predicted octanol–water partition coefficient (Wildman–Crippen LogP) is 4.22. The largest absolute Gasteiger partial charge is 0.441 e. The van der Waals surface area contributed by atoms with Crippen LogP contribution in [0.2, 0.25) is 0 Å². The molecule has 0 radical (unpaired) electrons. The lowest BCUT2D eigenvalue weighted by atomic mass is 9.85. The second kappa shape index (κ2) is 13.5. The molecule has 0 aromatic heterocycles. The van der Waals surface area contributed by atoms with Crippen molar-refractivity contribution in [3.63, 3.8) is 0 Å². The minimum Gasteiger partial charge on any atom is -0.441 e. The molecule has 0 aliphatic carbocycles. The highest BCUT2D eigenvalue weighted by Crippen LogP contribution is 2.46. The summed E-state index contributed by atoms with van der Waals surface area (Å²) < 4.78 is 29.5. The van der Waals surface area contributed by atoms with E-state index in [1.54, 1.807) is 24.0 Å². The van der Waals surface area contributed by atoms with Crippen molar-refractivity contribution in [1.29, 1.82) is 0 Å². The van der Waals surface area contributed by atoms with E-state index in [4.69, 9.17) is 23.7 Å². The molecule has 4 aliphatic rings. The number of epoxide rings is 1. The Bertz CT molecular complexity index is 1190. The first-order chi connectivity index (χ1) is 20.5. The van der Waals surface area contributed by atoms with E-state index in [1.165, 1.54) is 0 Å². The van der Waals surface area contributed by atoms with Gasteiger partial charge in [0, 0.05) is 56.6 Å². The zero-order valence-corrected chi connectivity index (χ0v) is 26.2. The van der Waals surface area contributed by atoms with E-state index < -0.39 is 6.10 Å². The van der Waals surface area contributed by atoms with Crippen LogP contribution in [0.15, 0.2) is 48.1 Å². The summed E-state index contributed by atoms with van der Waals surface area (Å²) in [6.45, 7) is 12.5. The minimum absolute atomic E-state index is 0.00183. The van der Waals surface area contributed by atoms with Gasteiger partial charge in [0.25, 0.3) is 5.91 Å². The number of nitrogens with zero attached hydrogens (tertiary/aromatic N) is 2. The Labute approximate surface area is 255 Å². The zero-order valence-electron chi connectivity index (χ0n) is 26.2. The van der Waals surface area contributed by atoms with Crippen molar-refractivity contribution >= 4 is 12.0 Å². The highest BCUT2D eigenvalue weighted by Gasteiger charge is 2.53. The molecule has 4 fully saturated rings. The van der Waals surface area contributed by atoms with E-state index in [0.29, 0.717) is 43.9 Å². The molecule has 0 bridgehead atoms. The van der Waals surface area contributed by atoms with Crippen molar-refractivity contribution in [2.45, 2.75) is 82.7 Å². The molecule has 5 rings (SSSR count). The number of carbonyl (C=O) groups is 2. The normalized spacial score (nSPS) is 30.3. The van der Waals surface area contributed by atoms with E-state index in [1.807, 2.05) is 19.2 Å². The quantitative estimate of drug-likeness (QED) is 0.351. The van der Waals surface area contributed by atoms with Crippen LogP contribution in [0.5, 0.6) is 0 Å². The van der Waals surface area contributed by atoms with E-state index in [9.17, 15) is 9.59 Å². The molecule has 4 saturated heterocycles. The van der Waals surface area contributed by atoms with Gasteiger partial charge in [0.15, 0.2) is 6.29 Å². The summed E-state index contributed by atoms with van der Waals surface area (Å²) in [5, 5.41) is 3.02. The molecule has 4 aliphatic heterocycles. The molecule has 1 N–H and O–H groups in total. The van der Waals surface area contributed by atoms with Gasteiger partial charge in [-0.3, -0.25) is 4.79 Å². The highest BCUT2D eigenvalue weighted by molar-refractivity contribution is 5.96. The van der Waals surface area contributed by atoms with Gasteiger partial charge in [-0.15, -0.1) is 0 Å². The van der Waals surface area contributed by atoms with Gasteiger partial charge in [-0.25, -0.2) is 4.79 Å². The maximum atomic E-state index is 13.2. The summed E-state index contributed by atoms with van der Waals surface area (Å²) in [7, 11) is 2.03. The molecule has 1 spiro atoms. The number of ether oxygens (including phenoxy) is 5. The van der Waals surface area contributed by atoms with Crippen LogP contribution in [0.3, 0.4) is 0 Å². The fraction of sp³-hybridized carbons (Fsp3) is 0.636. The van der Waals surface area contributed by atoms with Crippen LogP contribution in [0, 0.1) is 0 Å². The summed E-state index contributed by atoms with van der Waals surface area (Å²) in [5.74, 6) is -0.249. The van der Waals surface area contributed by atoms with Crippen LogP contribution in [0.1, 0.15) is 69.0 Å². The fourth-order valence-electron chi connectivity index (χ4n) is 6.11. The van der Waals surface area contributed by atoms with E-state index in [-0.39, 0.29) is 41.6 Å². The van der Waals surface area contributed by atoms with Gasteiger partial charge in [0.05, 0.1) is 43.2 Å². The monoisotopic (exact) mass is 597 g/mol. The Morgan fingerprint density at radius 3 is 2.53 bits per heavy atom. The topological polar surface area (TPSA) is 102 Å². The molecule has 1 aromatic rings. The van der Waals surface area contributed by atoms with Gasteiger partial charge in [0.2, 0.25) is 0 Å². The minimum atomic E-state index is -0.569. The van der Waals surface area contributed by atoms with Crippen molar-refractivity contribution in [2.24, 2.45) is 0 Å². The highest BCUT2D eigenvalue weighted by atomic mass is 16.7. The van der Waals surface area contributed by atoms with Gasteiger partial charge >= 0.3 is 6.09 Å². The number of allylic oxidation sites excluding steroid dienone is 2. The fourth-order valence-corrected chi connectivity index (χ4v) is 6.11. The van der Waals surface area contributed by atoms with Crippen molar-refractivity contribution in [3.05, 3.63) is 59.2 Å². The Kier molecular flexibility index (Phi) is 9.93. The molecule has 1 aromatic carbocycles. The summed E-state index contributed by atoms with van der Waals surface area (Å²) >= 11 is 0. The van der Waals surface area contributed by atoms with Crippen molar-refractivity contribution < 1.29 is 33.3 Å². The van der Waals surface area contributed by atoms with Crippen LogP contribution in [-0.4, -0.2) is 104 Å². The molecular weight excluding hydrogens is 550 g/mol. The first-order valence-corrected chi connectivity index (χ1v) is 15.4. The maximum absolute atomic E-state index is 13.2. The maximum Gasteiger partial charge on any atom is 0.410 e. The molecule has 3 unspecified atom stereocenters. The number of piperazine rings is 1. The predicted molar refractivity (Wildman–Crippen MR) is 162 cm³/mol. The van der Waals surface area contributed by atoms with Crippen LogP contribution in [0.4, 0.5) is 4.79 Å². The van der Waals surface area contributed by atoms with Crippen LogP contribution in [-0.2, 0) is 23.7 Å². The molecule has 10 heteroatoms. The van der Waals surface area contributed by atoms with Crippen molar-refractivity contribution in [3.8, 4) is 0 Å². The SMILES string of the molecule is CC(C=CC1CC2(CO2)CC(C)(C)O1)=CCC1OCC(NC(=O)c2ccccc2C(C)OC(=O)N2CCN(C)CC2)CO1. The third-order valence-electron chi connectivity index (χ3n) is 8.53. The van der Waals surface area contributed by atoms with Gasteiger partial charge in [-0.1, -0.05) is 42.0 Å². The van der Waals surface area contributed by atoms with Gasteiger partial charge < -0.3 is 38.8 Å². The van der Waals surface area contributed by atoms with Crippen LogP contribution >= 0.6 is 0 Å². The second-order valence-electron chi connectivity index (χ2n) is 13.0. The molecule has 4 heterocycles.